The van der Waals surface area contributed by atoms with Gasteiger partial charge in [0.25, 0.3) is 0 Å². The Morgan fingerprint density at radius 2 is 2.20 bits per heavy atom. The maximum atomic E-state index is 9.81. The summed E-state index contributed by atoms with van der Waals surface area (Å²) >= 11 is 0. The van der Waals surface area contributed by atoms with Crippen LogP contribution in [0.1, 0.15) is 18.1 Å². The van der Waals surface area contributed by atoms with Crippen LogP contribution in [0.25, 0.3) is 0 Å². The lowest BCUT2D eigenvalue weighted by Gasteiger charge is -2.14. The van der Waals surface area contributed by atoms with Crippen molar-refractivity contribution in [3.05, 3.63) is 42.5 Å². The number of ether oxygens (including phenoxy) is 2. The molecule has 1 aromatic carbocycles. The van der Waals surface area contributed by atoms with Gasteiger partial charge in [-0.25, -0.2) is 0 Å². The van der Waals surface area contributed by atoms with Gasteiger partial charge in [-0.15, -0.1) is 6.58 Å². The Kier molecular flexibility index (Phi) is 4.87. The molecule has 0 saturated carbocycles. The minimum Gasteiger partial charge on any atom is -0.467 e. The Balaban J connectivity index is 2.80. The standard InChI is InChI=1S/C12H16O3/c1-3-6-11(13)10-7-4-5-8-12(10)15-9-14-2/h3-5,7-8,11,13H,1,6,9H2,2H3. The van der Waals surface area contributed by atoms with Crippen molar-refractivity contribution in [1.29, 1.82) is 0 Å². The molecule has 0 aliphatic rings. The predicted molar refractivity (Wildman–Crippen MR) is 58.7 cm³/mol. The zero-order valence-corrected chi connectivity index (χ0v) is 8.85. The average molecular weight is 208 g/mol. The summed E-state index contributed by atoms with van der Waals surface area (Å²) in [6, 6.07) is 7.36. The van der Waals surface area contributed by atoms with Gasteiger partial charge in [0, 0.05) is 12.7 Å². The largest absolute Gasteiger partial charge is 0.467 e. The molecule has 0 spiro atoms. The second kappa shape index (κ2) is 6.22. The molecule has 0 aliphatic heterocycles. The maximum absolute atomic E-state index is 9.81. The highest BCUT2D eigenvalue weighted by Gasteiger charge is 2.11. The number of benzene rings is 1. The molecular formula is C12H16O3. The summed E-state index contributed by atoms with van der Waals surface area (Å²) in [5.74, 6) is 0.647. The number of aliphatic hydroxyl groups excluding tert-OH is 1. The van der Waals surface area contributed by atoms with Crippen LogP contribution >= 0.6 is 0 Å². The van der Waals surface area contributed by atoms with E-state index in [0.29, 0.717) is 12.2 Å². The van der Waals surface area contributed by atoms with Crippen molar-refractivity contribution in [1.82, 2.24) is 0 Å². The number of para-hydroxylation sites is 1. The topological polar surface area (TPSA) is 38.7 Å². The van der Waals surface area contributed by atoms with Crippen molar-refractivity contribution < 1.29 is 14.6 Å². The molecule has 1 N–H and O–H groups in total. The van der Waals surface area contributed by atoms with Crippen molar-refractivity contribution in [2.24, 2.45) is 0 Å². The lowest BCUT2D eigenvalue weighted by atomic mass is 10.1. The van der Waals surface area contributed by atoms with Crippen LogP contribution in [0.4, 0.5) is 0 Å². The first-order chi connectivity index (χ1) is 7.29. The molecule has 0 fully saturated rings. The van der Waals surface area contributed by atoms with Gasteiger partial charge in [0.1, 0.15) is 5.75 Å². The van der Waals surface area contributed by atoms with E-state index in [1.165, 1.54) is 0 Å². The van der Waals surface area contributed by atoms with Gasteiger partial charge in [0.05, 0.1) is 6.10 Å². The normalized spacial score (nSPS) is 12.1. The Bertz CT molecular complexity index is 309. The molecule has 1 unspecified atom stereocenters. The molecule has 0 bridgehead atoms. The molecule has 1 atom stereocenters. The summed E-state index contributed by atoms with van der Waals surface area (Å²) in [6.07, 6.45) is 1.61. The molecule has 0 aliphatic carbocycles. The van der Waals surface area contributed by atoms with E-state index in [9.17, 15) is 5.11 Å². The molecular weight excluding hydrogens is 192 g/mol. The van der Waals surface area contributed by atoms with Crippen molar-refractivity contribution >= 4 is 0 Å². The molecule has 15 heavy (non-hydrogen) atoms. The van der Waals surface area contributed by atoms with Gasteiger partial charge < -0.3 is 14.6 Å². The van der Waals surface area contributed by atoms with E-state index in [0.717, 1.165) is 5.56 Å². The van der Waals surface area contributed by atoms with Gasteiger partial charge in [-0.3, -0.25) is 0 Å². The Hall–Kier alpha value is -1.32. The second-order valence-electron chi connectivity index (χ2n) is 3.13. The highest BCUT2D eigenvalue weighted by Crippen LogP contribution is 2.27. The smallest absolute Gasteiger partial charge is 0.188 e. The van der Waals surface area contributed by atoms with E-state index >= 15 is 0 Å². The number of methoxy groups -OCH3 is 1. The van der Waals surface area contributed by atoms with Crippen molar-refractivity contribution in [3.8, 4) is 5.75 Å². The fraction of sp³-hybridized carbons (Fsp3) is 0.333. The minimum absolute atomic E-state index is 0.178. The van der Waals surface area contributed by atoms with Crippen molar-refractivity contribution in [3.63, 3.8) is 0 Å². The predicted octanol–water partition coefficient (Wildman–Crippen LogP) is 2.28. The minimum atomic E-state index is -0.574. The molecule has 82 valence electrons. The van der Waals surface area contributed by atoms with Crippen LogP contribution in [0, 0.1) is 0 Å². The van der Waals surface area contributed by atoms with Gasteiger partial charge in [-0.2, -0.15) is 0 Å². The van der Waals surface area contributed by atoms with E-state index in [1.54, 1.807) is 19.3 Å². The molecule has 0 heterocycles. The number of aliphatic hydroxyl groups is 1. The number of rotatable bonds is 6. The van der Waals surface area contributed by atoms with E-state index < -0.39 is 6.10 Å². The summed E-state index contributed by atoms with van der Waals surface area (Å²) in [6.45, 7) is 3.77. The van der Waals surface area contributed by atoms with Gasteiger partial charge in [0.15, 0.2) is 6.79 Å². The van der Waals surface area contributed by atoms with Crippen molar-refractivity contribution in [2.45, 2.75) is 12.5 Å². The molecule has 0 amide bonds. The van der Waals surface area contributed by atoms with Crippen LogP contribution < -0.4 is 4.74 Å². The van der Waals surface area contributed by atoms with E-state index in [1.807, 2.05) is 18.2 Å². The molecule has 1 rings (SSSR count). The Morgan fingerprint density at radius 3 is 2.87 bits per heavy atom. The zero-order chi connectivity index (χ0) is 11.1. The van der Waals surface area contributed by atoms with Gasteiger partial charge >= 0.3 is 0 Å². The van der Waals surface area contributed by atoms with E-state index in [-0.39, 0.29) is 6.79 Å². The third kappa shape index (κ3) is 3.38. The van der Waals surface area contributed by atoms with Crippen LogP contribution in [0.15, 0.2) is 36.9 Å². The van der Waals surface area contributed by atoms with E-state index in [2.05, 4.69) is 6.58 Å². The van der Waals surface area contributed by atoms with Crippen LogP contribution in [0.3, 0.4) is 0 Å². The summed E-state index contributed by atoms with van der Waals surface area (Å²) in [5.41, 5.74) is 0.759. The fourth-order valence-electron chi connectivity index (χ4n) is 1.29. The average Bonchev–Trinajstić information content (AvgIpc) is 2.27. The van der Waals surface area contributed by atoms with Gasteiger partial charge in [-0.1, -0.05) is 24.3 Å². The third-order valence-corrected chi connectivity index (χ3v) is 2.00. The summed E-state index contributed by atoms with van der Waals surface area (Å²) < 4.78 is 10.2. The molecule has 3 heteroatoms. The first kappa shape index (κ1) is 11.8. The van der Waals surface area contributed by atoms with Crippen LogP contribution in [0.2, 0.25) is 0 Å². The molecule has 0 saturated heterocycles. The summed E-state index contributed by atoms with van der Waals surface area (Å²) in [4.78, 5) is 0. The Labute approximate surface area is 90.0 Å². The molecule has 1 aromatic rings. The van der Waals surface area contributed by atoms with E-state index in [4.69, 9.17) is 9.47 Å². The highest BCUT2D eigenvalue weighted by atomic mass is 16.7. The van der Waals surface area contributed by atoms with Crippen LogP contribution in [0.5, 0.6) is 5.75 Å². The lowest BCUT2D eigenvalue weighted by molar-refractivity contribution is 0.0480. The Morgan fingerprint density at radius 1 is 1.47 bits per heavy atom. The second-order valence-corrected chi connectivity index (χ2v) is 3.13. The number of hydrogen-bond acceptors (Lipinski definition) is 3. The van der Waals surface area contributed by atoms with Gasteiger partial charge in [-0.05, 0) is 12.5 Å². The first-order valence-corrected chi connectivity index (χ1v) is 4.79. The summed E-state index contributed by atoms with van der Waals surface area (Å²) in [7, 11) is 1.56. The third-order valence-electron chi connectivity index (χ3n) is 2.00. The fourth-order valence-corrected chi connectivity index (χ4v) is 1.29. The van der Waals surface area contributed by atoms with Gasteiger partial charge in [0.2, 0.25) is 0 Å². The monoisotopic (exact) mass is 208 g/mol. The van der Waals surface area contributed by atoms with Crippen LogP contribution in [-0.4, -0.2) is 19.0 Å². The highest BCUT2D eigenvalue weighted by molar-refractivity contribution is 5.35. The summed E-state index contributed by atoms with van der Waals surface area (Å²) in [5, 5.41) is 9.81. The zero-order valence-electron chi connectivity index (χ0n) is 8.85. The maximum Gasteiger partial charge on any atom is 0.188 e. The number of hydrogen-bond donors (Lipinski definition) is 1. The SMILES string of the molecule is C=CCC(O)c1ccccc1OCOC. The first-order valence-electron chi connectivity index (χ1n) is 4.79. The van der Waals surface area contributed by atoms with Crippen molar-refractivity contribution in [2.75, 3.05) is 13.9 Å². The molecule has 3 nitrogen and oxygen atoms in total. The molecule has 0 aromatic heterocycles. The quantitative estimate of drug-likeness (QED) is 0.575. The van der Waals surface area contributed by atoms with Crippen LogP contribution in [-0.2, 0) is 4.74 Å². The lowest BCUT2D eigenvalue weighted by Crippen LogP contribution is -2.04. The molecule has 0 radical (unpaired) electrons.